The Kier molecular flexibility index (Phi) is 6.06. The minimum absolute atomic E-state index is 0.171. The molecule has 0 radical (unpaired) electrons. The molecule has 1 heterocycles. The Hall–Kier alpha value is -1.07. The second kappa shape index (κ2) is 7.80. The lowest BCUT2D eigenvalue weighted by Gasteiger charge is -2.17. The second-order valence-corrected chi connectivity index (χ2v) is 5.69. The van der Waals surface area contributed by atoms with Gasteiger partial charge in [0.2, 0.25) is 0 Å². The number of alkyl halides is 3. The zero-order valence-corrected chi connectivity index (χ0v) is 12.2. The van der Waals surface area contributed by atoms with E-state index in [1.54, 1.807) is 0 Å². The summed E-state index contributed by atoms with van der Waals surface area (Å²) in [5.41, 5.74) is 1.33. The van der Waals surface area contributed by atoms with Crippen LogP contribution in [0.25, 0.3) is 0 Å². The van der Waals surface area contributed by atoms with Crippen LogP contribution in [0.4, 0.5) is 13.2 Å². The lowest BCUT2D eigenvalue weighted by Crippen LogP contribution is -2.34. The lowest BCUT2D eigenvalue weighted by molar-refractivity contribution is -0.135. The highest BCUT2D eigenvalue weighted by molar-refractivity contribution is 5.14. The molecule has 1 fully saturated rings. The monoisotopic (exact) mass is 300 g/mol. The van der Waals surface area contributed by atoms with Crippen molar-refractivity contribution in [3.05, 3.63) is 35.9 Å². The van der Waals surface area contributed by atoms with Gasteiger partial charge in [0, 0.05) is 25.6 Å². The molecule has 0 amide bonds. The molecule has 1 aliphatic heterocycles. The minimum atomic E-state index is -4.03. The molecule has 0 bridgehead atoms. The van der Waals surface area contributed by atoms with Crippen LogP contribution in [0.1, 0.15) is 24.8 Å². The van der Waals surface area contributed by atoms with Crippen LogP contribution in [0.3, 0.4) is 0 Å². The molecule has 1 aromatic carbocycles. The van der Waals surface area contributed by atoms with Gasteiger partial charge in [-0.25, -0.2) is 0 Å². The van der Waals surface area contributed by atoms with Gasteiger partial charge in [0.05, 0.1) is 0 Å². The Morgan fingerprint density at radius 2 is 1.95 bits per heavy atom. The maximum atomic E-state index is 12.0. The first-order valence-corrected chi connectivity index (χ1v) is 7.59. The van der Waals surface area contributed by atoms with Crippen LogP contribution >= 0.6 is 0 Å². The van der Waals surface area contributed by atoms with Crippen LogP contribution < -0.4 is 5.32 Å². The summed E-state index contributed by atoms with van der Waals surface area (Å²) in [7, 11) is 0. The van der Waals surface area contributed by atoms with Crippen LogP contribution in [-0.2, 0) is 6.42 Å². The molecule has 1 atom stereocenters. The zero-order valence-electron chi connectivity index (χ0n) is 12.2. The number of nitrogens with zero attached hydrogens (tertiary/aromatic N) is 1. The highest BCUT2D eigenvalue weighted by Crippen LogP contribution is 2.21. The Labute approximate surface area is 124 Å². The first-order valence-electron chi connectivity index (χ1n) is 7.59. The number of nitrogens with one attached hydrogen (secondary N) is 1. The van der Waals surface area contributed by atoms with Gasteiger partial charge < -0.3 is 10.2 Å². The van der Waals surface area contributed by atoms with Crippen molar-refractivity contribution in [3.63, 3.8) is 0 Å². The molecule has 0 spiro atoms. The second-order valence-electron chi connectivity index (χ2n) is 5.69. The summed E-state index contributed by atoms with van der Waals surface area (Å²) >= 11 is 0. The van der Waals surface area contributed by atoms with Gasteiger partial charge in [-0.2, -0.15) is 13.2 Å². The van der Waals surface area contributed by atoms with E-state index in [-0.39, 0.29) is 6.42 Å². The summed E-state index contributed by atoms with van der Waals surface area (Å²) in [5.74, 6) is 0. The van der Waals surface area contributed by atoms with Gasteiger partial charge in [-0.1, -0.05) is 30.3 Å². The maximum absolute atomic E-state index is 12.0. The molecule has 2 rings (SSSR count). The number of halogens is 3. The summed E-state index contributed by atoms with van der Waals surface area (Å²) in [6, 6.07) is 10.7. The fraction of sp³-hybridized carbons (Fsp3) is 0.625. The minimum Gasteiger partial charge on any atom is -0.313 e. The van der Waals surface area contributed by atoms with E-state index < -0.39 is 12.6 Å². The van der Waals surface area contributed by atoms with E-state index in [0.717, 1.165) is 32.5 Å². The fourth-order valence-corrected chi connectivity index (χ4v) is 2.73. The molecule has 1 saturated heterocycles. The lowest BCUT2D eigenvalue weighted by atomic mass is 10.1. The Balaban J connectivity index is 1.58. The zero-order chi connectivity index (χ0) is 15.1. The largest absolute Gasteiger partial charge is 0.389 e. The van der Waals surface area contributed by atoms with E-state index in [2.05, 4.69) is 22.3 Å². The van der Waals surface area contributed by atoms with Crippen LogP contribution in [0, 0.1) is 0 Å². The van der Waals surface area contributed by atoms with Crippen LogP contribution in [0.2, 0.25) is 0 Å². The van der Waals surface area contributed by atoms with Crippen LogP contribution in [0.5, 0.6) is 0 Å². The van der Waals surface area contributed by atoms with Crippen molar-refractivity contribution in [1.82, 2.24) is 10.2 Å². The maximum Gasteiger partial charge on any atom is 0.389 e. The van der Waals surface area contributed by atoms with Crippen molar-refractivity contribution in [2.45, 2.75) is 37.9 Å². The SMILES string of the molecule is FC(F)(F)CCCNC1CCN(CCc2ccccc2)C1. The van der Waals surface area contributed by atoms with Gasteiger partial charge in [-0.05, 0) is 37.9 Å². The Bertz CT molecular complexity index is 406. The number of hydrogen-bond donors (Lipinski definition) is 1. The quantitative estimate of drug-likeness (QED) is 0.778. The third kappa shape index (κ3) is 6.48. The molecule has 2 nitrogen and oxygen atoms in total. The summed E-state index contributed by atoms with van der Waals surface area (Å²) in [6.45, 7) is 3.45. The highest BCUT2D eigenvalue weighted by Gasteiger charge is 2.26. The van der Waals surface area contributed by atoms with Gasteiger partial charge in [0.25, 0.3) is 0 Å². The smallest absolute Gasteiger partial charge is 0.313 e. The molecule has 1 aromatic rings. The topological polar surface area (TPSA) is 15.3 Å². The fourth-order valence-electron chi connectivity index (χ4n) is 2.73. The molecule has 118 valence electrons. The van der Waals surface area contributed by atoms with E-state index in [9.17, 15) is 13.2 Å². The standard InChI is InChI=1S/C16H23F3N2/c17-16(18,19)9-4-10-20-15-8-12-21(13-15)11-7-14-5-2-1-3-6-14/h1-3,5-6,15,20H,4,7-13H2. The van der Waals surface area contributed by atoms with Crippen LogP contribution in [0.15, 0.2) is 30.3 Å². The molecule has 1 N–H and O–H groups in total. The number of hydrogen-bond acceptors (Lipinski definition) is 2. The highest BCUT2D eigenvalue weighted by atomic mass is 19.4. The van der Waals surface area contributed by atoms with Crippen molar-refractivity contribution < 1.29 is 13.2 Å². The van der Waals surface area contributed by atoms with E-state index in [1.165, 1.54) is 5.56 Å². The summed E-state index contributed by atoms with van der Waals surface area (Å²) in [5, 5.41) is 3.24. The van der Waals surface area contributed by atoms with Gasteiger partial charge >= 0.3 is 6.18 Å². The van der Waals surface area contributed by atoms with E-state index in [4.69, 9.17) is 0 Å². The van der Waals surface area contributed by atoms with Gasteiger partial charge in [-0.15, -0.1) is 0 Å². The molecule has 1 unspecified atom stereocenters. The number of likely N-dealkylation sites (tertiary alicyclic amines) is 1. The predicted octanol–water partition coefficient (Wildman–Crippen LogP) is 3.24. The van der Waals surface area contributed by atoms with Crippen molar-refractivity contribution >= 4 is 0 Å². The molecule has 0 aromatic heterocycles. The van der Waals surface area contributed by atoms with Crippen molar-refractivity contribution in [1.29, 1.82) is 0 Å². The molecular formula is C16H23F3N2. The molecule has 0 saturated carbocycles. The summed E-state index contributed by atoms with van der Waals surface area (Å²) in [4.78, 5) is 2.38. The van der Waals surface area contributed by atoms with Crippen LogP contribution in [-0.4, -0.2) is 43.3 Å². The van der Waals surface area contributed by atoms with Gasteiger partial charge in [0.15, 0.2) is 0 Å². The van der Waals surface area contributed by atoms with E-state index >= 15 is 0 Å². The first-order chi connectivity index (χ1) is 10.0. The Morgan fingerprint density at radius 1 is 1.19 bits per heavy atom. The number of rotatable bonds is 7. The average molecular weight is 300 g/mol. The van der Waals surface area contributed by atoms with E-state index in [0.29, 0.717) is 12.6 Å². The average Bonchev–Trinajstić information content (AvgIpc) is 2.89. The first kappa shape index (κ1) is 16.3. The van der Waals surface area contributed by atoms with Crippen molar-refractivity contribution in [3.8, 4) is 0 Å². The molecule has 0 aliphatic carbocycles. The molecule has 5 heteroatoms. The summed E-state index contributed by atoms with van der Waals surface area (Å²) in [6.07, 6.45) is -2.49. The van der Waals surface area contributed by atoms with Crippen molar-refractivity contribution in [2.75, 3.05) is 26.2 Å². The third-order valence-corrected chi connectivity index (χ3v) is 3.90. The predicted molar refractivity (Wildman–Crippen MR) is 78.3 cm³/mol. The molecule has 21 heavy (non-hydrogen) atoms. The van der Waals surface area contributed by atoms with Crippen molar-refractivity contribution in [2.24, 2.45) is 0 Å². The summed E-state index contributed by atoms with van der Waals surface area (Å²) < 4.78 is 36.1. The molecule has 1 aliphatic rings. The Morgan fingerprint density at radius 3 is 2.67 bits per heavy atom. The normalized spacial score (nSPS) is 20.0. The molecular weight excluding hydrogens is 277 g/mol. The van der Waals surface area contributed by atoms with Gasteiger partial charge in [0.1, 0.15) is 0 Å². The number of benzene rings is 1. The third-order valence-electron chi connectivity index (χ3n) is 3.90. The van der Waals surface area contributed by atoms with Gasteiger partial charge in [-0.3, -0.25) is 0 Å². The van der Waals surface area contributed by atoms with E-state index in [1.807, 2.05) is 18.2 Å².